The SMILES string of the molecule is O=c1cc(C2=NOS(=O)N2c2ccccc2)c2ccccc2o1. The van der Waals surface area contributed by atoms with Crippen molar-refractivity contribution in [2.75, 3.05) is 4.31 Å². The van der Waals surface area contributed by atoms with Crippen molar-refractivity contribution in [3.63, 3.8) is 0 Å². The van der Waals surface area contributed by atoms with Crippen LogP contribution in [0.2, 0.25) is 0 Å². The van der Waals surface area contributed by atoms with Crippen molar-refractivity contribution in [3.8, 4) is 0 Å². The zero-order valence-corrected chi connectivity index (χ0v) is 12.5. The topological polar surface area (TPSA) is 72.1 Å². The summed E-state index contributed by atoms with van der Waals surface area (Å²) in [4.78, 5) is 11.8. The molecule has 3 aromatic rings. The van der Waals surface area contributed by atoms with Gasteiger partial charge in [-0.25, -0.2) is 9.10 Å². The highest BCUT2D eigenvalue weighted by Gasteiger charge is 2.31. The molecule has 2 heterocycles. The minimum absolute atomic E-state index is 0.304. The molecule has 4 rings (SSSR count). The van der Waals surface area contributed by atoms with E-state index in [0.29, 0.717) is 28.1 Å². The standard InChI is InChI=1S/C16H10N2O4S/c19-15-10-13(12-8-4-5-9-14(12)21-15)16-17-22-23(20)18(16)11-6-2-1-3-7-11/h1-10H. The molecule has 0 saturated heterocycles. The van der Waals surface area contributed by atoms with Crippen molar-refractivity contribution < 1.29 is 12.9 Å². The maximum absolute atomic E-state index is 12.2. The lowest BCUT2D eigenvalue weighted by atomic mass is 10.1. The quantitative estimate of drug-likeness (QED) is 0.679. The summed E-state index contributed by atoms with van der Waals surface area (Å²) in [6, 6.07) is 17.5. The minimum Gasteiger partial charge on any atom is -0.423 e. The number of nitrogens with zero attached hydrogens (tertiary/aromatic N) is 2. The van der Waals surface area contributed by atoms with E-state index < -0.39 is 16.9 Å². The van der Waals surface area contributed by atoms with E-state index >= 15 is 0 Å². The van der Waals surface area contributed by atoms with E-state index in [-0.39, 0.29) is 0 Å². The number of hydrogen-bond donors (Lipinski definition) is 0. The lowest BCUT2D eigenvalue weighted by molar-refractivity contribution is 0.386. The van der Waals surface area contributed by atoms with Gasteiger partial charge in [-0.05, 0) is 23.4 Å². The van der Waals surface area contributed by atoms with Gasteiger partial charge in [0.2, 0.25) is 0 Å². The Labute approximate surface area is 133 Å². The summed E-state index contributed by atoms with van der Waals surface area (Å²) >= 11 is -1.79. The molecule has 1 unspecified atom stereocenters. The van der Waals surface area contributed by atoms with Crippen LogP contribution in [0.15, 0.2) is 75.0 Å². The molecule has 7 heteroatoms. The summed E-state index contributed by atoms with van der Waals surface area (Å²) in [5.74, 6) is 0.304. The number of oxime groups is 1. The molecule has 23 heavy (non-hydrogen) atoms. The van der Waals surface area contributed by atoms with Gasteiger partial charge < -0.3 is 4.42 Å². The summed E-state index contributed by atoms with van der Waals surface area (Å²) in [5, 5.41) is 4.59. The van der Waals surface area contributed by atoms with Crippen LogP contribution in [0.5, 0.6) is 0 Å². The Morgan fingerprint density at radius 1 is 1.00 bits per heavy atom. The Kier molecular flexibility index (Phi) is 3.20. The fourth-order valence-corrected chi connectivity index (χ4v) is 3.20. The van der Waals surface area contributed by atoms with Gasteiger partial charge in [0.1, 0.15) is 5.58 Å². The van der Waals surface area contributed by atoms with Gasteiger partial charge >= 0.3 is 16.9 Å². The molecular weight excluding hydrogens is 316 g/mol. The molecule has 0 N–H and O–H groups in total. The molecule has 0 aliphatic carbocycles. The second kappa shape index (κ2) is 5.36. The fraction of sp³-hybridized carbons (Fsp3) is 0. The number of fused-ring (bicyclic) bond motifs is 1. The highest BCUT2D eigenvalue weighted by molar-refractivity contribution is 7.83. The molecule has 1 aliphatic rings. The second-order valence-corrected chi connectivity index (χ2v) is 5.76. The minimum atomic E-state index is -1.79. The molecule has 1 aromatic heterocycles. The normalized spacial score (nSPS) is 17.1. The molecule has 0 spiro atoms. The van der Waals surface area contributed by atoms with Crippen LogP contribution in [0.1, 0.15) is 5.56 Å². The summed E-state index contributed by atoms with van der Waals surface area (Å²) in [5.41, 5.74) is 1.08. The molecule has 0 fully saturated rings. The van der Waals surface area contributed by atoms with Crippen molar-refractivity contribution >= 4 is 33.8 Å². The van der Waals surface area contributed by atoms with Crippen LogP contribution in [0, 0.1) is 0 Å². The highest BCUT2D eigenvalue weighted by atomic mass is 32.2. The Hall–Kier alpha value is -2.93. The van der Waals surface area contributed by atoms with Crippen LogP contribution >= 0.6 is 0 Å². The van der Waals surface area contributed by atoms with Gasteiger partial charge in [-0.3, -0.25) is 4.28 Å². The van der Waals surface area contributed by atoms with E-state index in [4.69, 9.17) is 8.70 Å². The molecular formula is C16H10N2O4S. The third-order valence-electron chi connectivity index (χ3n) is 3.41. The average molecular weight is 326 g/mol. The molecule has 0 bridgehead atoms. The van der Waals surface area contributed by atoms with Crippen molar-refractivity contribution in [1.82, 2.24) is 0 Å². The van der Waals surface area contributed by atoms with Crippen molar-refractivity contribution in [1.29, 1.82) is 0 Å². The first-order chi connectivity index (χ1) is 11.2. The summed E-state index contributed by atoms with van der Waals surface area (Å²) in [6.45, 7) is 0. The number of amidine groups is 1. The zero-order valence-electron chi connectivity index (χ0n) is 11.7. The van der Waals surface area contributed by atoms with Crippen LogP contribution in [-0.4, -0.2) is 10.0 Å². The van der Waals surface area contributed by atoms with Crippen LogP contribution in [0.3, 0.4) is 0 Å². The smallest absolute Gasteiger partial charge is 0.346 e. The third-order valence-corrected chi connectivity index (χ3v) is 4.29. The van der Waals surface area contributed by atoms with Crippen molar-refractivity contribution in [2.45, 2.75) is 0 Å². The Morgan fingerprint density at radius 3 is 2.57 bits per heavy atom. The van der Waals surface area contributed by atoms with E-state index in [1.165, 1.54) is 10.4 Å². The third kappa shape index (κ3) is 2.31. The van der Waals surface area contributed by atoms with Gasteiger partial charge in [0, 0.05) is 17.0 Å². The van der Waals surface area contributed by atoms with E-state index in [0.717, 1.165) is 0 Å². The van der Waals surface area contributed by atoms with Crippen LogP contribution in [0.25, 0.3) is 11.0 Å². The maximum atomic E-state index is 12.2. The molecule has 0 saturated carbocycles. The Balaban J connectivity index is 1.94. The molecule has 0 radical (unpaired) electrons. The van der Waals surface area contributed by atoms with Crippen molar-refractivity contribution in [3.05, 3.63) is 76.6 Å². The van der Waals surface area contributed by atoms with Crippen molar-refractivity contribution in [2.24, 2.45) is 5.16 Å². The van der Waals surface area contributed by atoms with Gasteiger partial charge in [-0.15, -0.1) is 0 Å². The lowest BCUT2D eigenvalue weighted by Gasteiger charge is -2.15. The van der Waals surface area contributed by atoms with E-state index in [1.807, 2.05) is 24.3 Å². The maximum Gasteiger partial charge on any atom is 0.346 e. The number of hydrogen-bond acceptors (Lipinski definition) is 5. The molecule has 1 aliphatic heterocycles. The lowest BCUT2D eigenvalue weighted by Crippen LogP contribution is -2.29. The summed E-state index contributed by atoms with van der Waals surface area (Å²) in [7, 11) is 0. The monoisotopic (exact) mass is 326 g/mol. The first kappa shape index (κ1) is 13.7. The Bertz CT molecular complexity index is 998. The van der Waals surface area contributed by atoms with E-state index in [1.54, 1.807) is 30.3 Å². The average Bonchev–Trinajstić information content (AvgIpc) is 2.96. The summed E-state index contributed by atoms with van der Waals surface area (Å²) < 4.78 is 23.7. The Morgan fingerprint density at radius 2 is 1.74 bits per heavy atom. The summed E-state index contributed by atoms with van der Waals surface area (Å²) in [6.07, 6.45) is 0. The molecule has 114 valence electrons. The highest BCUT2D eigenvalue weighted by Crippen LogP contribution is 2.27. The molecule has 6 nitrogen and oxygen atoms in total. The van der Waals surface area contributed by atoms with Crippen LogP contribution in [-0.2, 0) is 15.6 Å². The number of anilines is 1. The number of benzene rings is 2. The number of para-hydroxylation sites is 2. The van der Waals surface area contributed by atoms with Gasteiger partial charge in [-0.1, -0.05) is 36.4 Å². The second-order valence-electron chi connectivity index (χ2n) is 4.81. The van der Waals surface area contributed by atoms with E-state index in [9.17, 15) is 9.00 Å². The molecule has 0 amide bonds. The number of rotatable bonds is 2. The van der Waals surface area contributed by atoms with Gasteiger partial charge in [-0.2, -0.15) is 4.21 Å². The predicted octanol–water partition coefficient (Wildman–Crippen LogP) is 2.57. The largest absolute Gasteiger partial charge is 0.423 e. The first-order valence-electron chi connectivity index (χ1n) is 6.80. The first-order valence-corrected chi connectivity index (χ1v) is 7.83. The van der Waals surface area contributed by atoms with Gasteiger partial charge in [0.15, 0.2) is 5.84 Å². The molecule has 1 atom stereocenters. The van der Waals surface area contributed by atoms with Gasteiger partial charge in [0.05, 0.1) is 5.69 Å². The zero-order chi connectivity index (χ0) is 15.8. The van der Waals surface area contributed by atoms with E-state index in [2.05, 4.69) is 5.16 Å². The molecule has 2 aromatic carbocycles. The van der Waals surface area contributed by atoms with Gasteiger partial charge in [0.25, 0.3) is 0 Å². The van der Waals surface area contributed by atoms with Crippen LogP contribution < -0.4 is 9.93 Å². The van der Waals surface area contributed by atoms with Crippen LogP contribution in [0.4, 0.5) is 5.69 Å². The predicted molar refractivity (Wildman–Crippen MR) is 87.2 cm³/mol. The fourth-order valence-electron chi connectivity index (χ4n) is 2.44.